The number of carbonyl (C=O) groups is 1. The van der Waals surface area contributed by atoms with Crippen molar-refractivity contribution >= 4 is 38.8 Å². The smallest absolute Gasteiger partial charge is 0.269 e. The highest BCUT2D eigenvalue weighted by Gasteiger charge is 2.20. The Morgan fingerprint density at radius 2 is 1.71 bits per heavy atom. The van der Waals surface area contributed by atoms with Gasteiger partial charge in [-0.05, 0) is 29.3 Å². The largest absolute Gasteiger partial charge is 0.397 e. The second-order valence-corrected chi connectivity index (χ2v) is 7.11. The highest BCUT2D eigenvalue weighted by molar-refractivity contribution is 7.21. The number of nitro groups is 1. The fourth-order valence-electron chi connectivity index (χ4n) is 3.05. The van der Waals surface area contributed by atoms with Crippen molar-refractivity contribution in [2.75, 3.05) is 5.73 Å². The second kappa shape index (κ2) is 6.75. The lowest BCUT2D eigenvalue weighted by atomic mass is 9.99. The van der Waals surface area contributed by atoms with Gasteiger partial charge in [-0.15, -0.1) is 11.3 Å². The van der Waals surface area contributed by atoms with Gasteiger partial charge in [-0.3, -0.25) is 14.9 Å². The fraction of sp³-hybridized carbons (Fsp3) is 0. The maximum Gasteiger partial charge on any atom is 0.269 e. The van der Waals surface area contributed by atoms with E-state index in [1.807, 2.05) is 36.4 Å². The van der Waals surface area contributed by atoms with E-state index >= 15 is 0 Å². The summed E-state index contributed by atoms with van der Waals surface area (Å²) >= 11 is 1.14. The molecule has 2 heterocycles. The number of non-ortho nitro benzene ring substituents is 1. The summed E-state index contributed by atoms with van der Waals surface area (Å²) < 4.78 is 0. The summed E-state index contributed by atoms with van der Waals surface area (Å²) in [5.41, 5.74) is 15.0. The summed E-state index contributed by atoms with van der Waals surface area (Å²) in [6.45, 7) is 0. The molecule has 0 aliphatic rings. The molecule has 8 heteroatoms. The van der Waals surface area contributed by atoms with Crippen molar-refractivity contribution in [1.82, 2.24) is 4.98 Å². The number of aromatic nitrogens is 1. The monoisotopic (exact) mass is 390 g/mol. The highest BCUT2D eigenvalue weighted by atomic mass is 32.1. The van der Waals surface area contributed by atoms with Crippen molar-refractivity contribution in [1.29, 1.82) is 0 Å². The summed E-state index contributed by atoms with van der Waals surface area (Å²) in [6, 6.07) is 17.6. The van der Waals surface area contributed by atoms with Crippen LogP contribution in [0.25, 0.3) is 32.6 Å². The molecule has 0 saturated heterocycles. The molecule has 0 aliphatic heterocycles. The molecule has 0 aliphatic carbocycles. The van der Waals surface area contributed by atoms with Crippen LogP contribution in [0.4, 0.5) is 11.4 Å². The number of amides is 1. The number of anilines is 1. The van der Waals surface area contributed by atoms with Crippen LogP contribution < -0.4 is 11.5 Å². The summed E-state index contributed by atoms with van der Waals surface area (Å²) in [5.74, 6) is -0.614. The molecule has 7 nitrogen and oxygen atoms in total. The number of fused-ring (bicyclic) bond motifs is 1. The number of nitrogen functional groups attached to an aromatic ring is 1. The van der Waals surface area contributed by atoms with Crippen LogP contribution in [0, 0.1) is 10.1 Å². The lowest BCUT2D eigenvalue weighted by Gasteiger charge is -2.09. The first kappa shape index (κ1) is 17.6. The third-order valence-electron chi connectivity index (χ3n) is 4.38. The number of hydrogen-bond acceptors (Lipinski definition) is 6. The number of thiophene rings is 1. The van der Waals surface area contributed by atoms with Crippen molar-refractivity contribution in [3.63, 3.8) is 0 Å². The van der Waals surface area contributed by atoms with Gasteiger partial charge in [0.05, 0.1) is 16.3 Å². The van der Waals surface area contributed by atoms with Crippen LogP contribution in [-0.4, -0.2) is 15.8 Å². The van der Waals surface area contributed by atoms with Crippen LogP contribution in [0.2, 0.25) is 0 Å². The molecule has 2 aromatic heterocycles. The van der Waals surface area contributed by atoms with E-state index in [1.165, 1.54) is 12.1 Å². The molecule has 4 rings (SSSR count). The van der Waals surface area contributed by atoms with Crippen molar-refractivity contribution in [3.05, 3.63) is 75.7 Å². The molecule has 138 valence electrons. The molecule has 0 saturated carbocycles. The average molecular weight is 390 g/mol. The van der Waals surface area contributed by atoms with Gasteiger partial charge in [0.1, 0.15) is 9.71 Å². The van der Waals surface area contributed by atoms with E-state index in [-0.39, 0.29) is 16.3 Å². The van der Waals surface area contributed by atoms with E-state index in [4.69, 9.17) is 11.5 Å². The Morgan fingerprint density at radius 1 is 1.04 bits per heavy atom. The number of carbonyl (C=O) groups excluding carboxylic acids is 1. The van der Waals surface area contributed by atoms with Gasteiger partial charge in [-0.2, -0.15) is 0 Å². The molecule has 4 aromatic rings. The van der Waals surface area contributed by atoms with Crippen LogP contribution in [0.3, 0.4) is 0 Å². The molecule has 0 fully saturated rings. The van der Waals surface area contributed by atoms with Crippen molar-refractivity contribution in [2.24, 2.45) is 5.73 Å². The molecular weight excluding hydrogens is 376 g/mol. The van der Waals surface area contributed by atoms with Crippen LogP contribution >= 0.6 is 11.3 Å². The Morgan fingerprint density at radius 3 is 2.32 bits per heavy atom. The standard InChI is InChI=1S/C20H14N4O3S/c21-17-16-14(11-6-8-13(9-7-11)24(26)27)10-15(12-4-2-1-3-5-12)23-20(16)28-18(17)19(22)25/h1-10H,21H2,(H2,22,25). The predicted molar refractivity (Wildman–Crippen MR) is 110 cm³/mol. The number of rotatable bonds is 4. The third kappa shape index (κ3) is 2.95. The van der Waals surface area contributed by atoms with Gasteiger partial charge >= 0.3 is 0 Å². The number of benzene rings is 2. The Kier molecular flexibility index (Phi) is 4.25. The van der Waals surface area contributed by atoms with Crippen LogP contribution in [-0.2, 0) is 0 Å². The highest BCUT2D eigenvalue weighted by Crippen LogP contribution is 2.41. The maximum atomic E-state index is 11.8. The van der Waals surface area contributed by atoms with Gasteiger partial charge in [0.15, 0.2) is 0 Å². The first-order chi connectivity index (χ1) is 13.5. The normalized spacial score (nSPS) is 10.9. The zero-order chi connectivity index (χ0) is 19.8. The minimum atomic E-state index is -0.614. The Bertz CT molecular complexity index is 1220. The SMILES string of the molecule is NC(=O)c1sc2nc(-c3ccccc3)cc(-c3ccc([N+](=O)[O-])cc3)c2c1N. The first-order valence-electron chi connectivity index (χ1n) is 8.29. The first-order valence-corrected chi connectivity index (χ1v) is 9.10. The average Bonchev–Trinajstić information content (AvgIpc) is 3.05. The number of hydrogen-bond donors (Lipinski definition) is 2. The van der Waals surface area contributed by atoms with E-state index in [2.05, 4.69) is 4.98 Å². The minimum absolute atomic E-state index is 0.00607. The molecule has 0 bridgehead atoms. The Labute approximate surface area is 163 Å². The van der Waals surface area contributed by atoms with Gasteiger partial charge in [-0.25, -0.2) is 4.98 Å². The summed E-state index contributed by atoms with van der Waals surface area (Å²) in [7, 11) is 0. The quantitative estimate of drug-likeness (QED) is 0.399. The van der Waals surface area contributed by atoms with Crippen LogP contribution in [0.5, 0.6) is 0 Å². The van der Waals surface area contributed by atoms with Gasteiger partial charge in [0, 0.05) is 23.1 Å². The number of nitro benzene ring substituents is 1. The lowest BCUT2D eigenvalue weighted by Crippen LogP contribution is -2.10. The van der Waals surface area contributed by atoms with Crippen LogP contribution in [0.15, 0.2) is 60.7 Å². The summed E-state index contributed by atoms with van der Waals surface area (Å²) in [5, 5.41) is 11.6. The van der Waals surface area contributed by atoms with Crippen LogP contribution in [0.1, 0.15) is 9.67 Å². The lowest BCUT2D eigenvalue weighted by molar-refractivity contribution is -0.384. The van der Waals surface area contributed by atoms with Gasteiger partial charge in [0.25, 0.3) is 11.6 Å². The number of nitrogens with zero attached hydrogens (tertiary/aromatic N) is 2. The Balaban J connectivity index is 2.01. The molecule has 1 amide bonds. The van der Waals surface area contributed by atoms with Gasteiger partial charge in [0.2, 0.25) is 0 Å². The molecular formula is C20H14N4O3S. The van der Waals surface area contributed by atoms with Crippen molar-refractivity contribution in [3.8, 4) is 22.4 Å². The van der Waals surface area contributed by atoms with E-state index in [0.29, 0.717) is 15.9 Å². The zero-order valence-corrected chi connectivity index (χ0v) is 15.3. The number of nitrogens with two attached hydrogens (primary N) is 2. The maximum absolute atomic E-state index is 11.8. The molecule has 0 radical (unpaired) electrons. The van der Waals surface area contributed by atoms with Crippen molar-refractivity contribution < 1.29 is 9.72 Å². The van der Waals surface area contributed by atoms with Gasteiger partial charge < -0.3 is 11.5 Å². The second-order valence-electron chi connectivity index (χ2n) is 6.11. The molecule has 0 spiro atoms. The minimum Gasteiger partial charge on any atom is -0.397 e. The fourth-order valence-corrected chi connectivity index (χ4v) is 4.02. The molecule has 0 atom stereocenters. The number of primary amides is 1. The molecule has 4 N–H and O–H groups in total. The van der Waals surface area contributed by atoms with Gasteiger partial charge in [-0.1, -0.05) is 30.3 Å². The van der Waals surface area contributed by atoms with E-state index in [9.17, 15) is 14.9 Å². The van der Waals surface area contributed by atoms with E-state index in [1.54, 1.807) is 12.1 Å². The van der Waals surface area contributed by atoms with E-state index in [0.717, 1.165) is 28.0 Å². The third-order valence-corrected chi connectivity index (χ3v) is 5.50. The molecule has 28 heavy (non-hydrogen) atoms. The molecule has 2 aromatic carbocycles. The van der Waals surface area contributed by atoms with E-state index < -0.39 is 10.8 Å². The molecule has 0 unspecified atom stereocenters. The Hall–Kier alpha value is -3.78. The summed E-state index contributed by atoms with van der Waals surface area (Å²) in [4.78, 5) is 27.8. The summed E-state index contributed by atoms with van der Waals surface area (Å²) in [6.07, 6.45) is 0. The zero-order valence-electron chi connectivity index (χ0n) is 14.5. The van der Waals surface area contributed by atoms with Crippen molar-refractivity contribution in [2.45, 2.75) is 0 Å². The topological polar surface area (TPSA) is 125 Å². The predicted octanol–water partition coefficient (Wildman–Crippen LogP) is 4.22. The number of pyridine rings is 1.